The Morgan fingerprint density at radius 3 is 2.09 bits per heavy atom. The minimum atomic E-state index is -3.22. The number of hydrogen-bond donors (Lipinski definition) is 0. The minimum Gasteiger partial charge on any atom is -0.212 e. The number of aryl methyl sites for hydroxylation is 1. The van der Waals surface area contributed by atoms with Gasteiger partial charge in [-0.1, -0.05) is 50.0 Å². The molecule has 1 aromatic carbocycles. The van der Waals surface area contributed by atoms with E-state index in [0.717, 1.165) is 12.8 Å². The van der Waals surface area contributed by atoms with E-state index in [0.29, 0.717) is 0 Å². The molecule has 1 aliphatic rings. The Kier molecular flexibility index (Phi) is 4.64. The van der Waals surface area contributed by atoms with Gasteiger partial charge in [-0.2, -0.15) is 4.31 Å². The summed E-state index contributed by atoms with van der Waals surface area (Å²) in [4.78, 5) is 0. The van der Waals surface area contributed by atoms with E-state index >= 15 is 0 Å². The average molecular weight is 340 g/mol. The zero-order chi connectivity index (χ0) is 16.8. The topological polar surface area (TPSA) is 37.1 Å². The largest absolute Gasteiger partial charge is 0.219 e. The van der Waals surface area contributed by atoms with Gasteiger partial charge in [0.1, 0.15) is 0 Å². The van der Waals surface area contributed by atoms with E-state index in [4.69, 9.17) is 0 Å². The van der Waals surface area contributed by atoms with Crippen molar-refractivity contribution in [1.29, 1.82) is 0 Å². The molecule has 1 heterocycles. The summed E-state index contributed by atoms with van der Waals surface area (Å²) in [7, 11) is -4.75. The van der Waals surface area contributed by atoms with E-state index in [2.05, 4.69) is 31.8 Å². The van der Waals surface area contributed by atoms with E-state index in [9.17, 15) is 8.42 Å². The van der Waals surface area contributed by atoms with Gasteiger partial charge in [0.2, 0.25) is 10.0 Å². The first-order valence-electron chi connectivity index (χ1n) is 8.03. The molecule has 0 amide bonds. The average Bonchev–Trinajstić information content (AvgIpc) is 3.11. The third-order valence-electron chi connectivity index (χ3n) is 4.39. The maximum Gasteiger partial charge on any atom is 0.219 e. The van der Waals surface area contributed by atoms with Crippen LogP contribution in [-0.2, 0) is 16.4 Å². The van der Waals surface area contributed by atoms with Gasteiger partial charge in [-0.05, 0) is 39.2 Å². The van der Waals surface area contributed by atoms with Crippen molar-refractivity contribution in [2.75, 3.05) is 0 Å². The third-order valence-corrected chi connectivity index (χ3v) is 9.61. The van der Waals surface area contributed by atoms with Gasteiger partial charge in [0.15, 0.2) is 0 Å². The lowest BCUT2D eigenvalue weighted by Gasteiger charge is -2.23. The molecule has 3 nitrogen and oxygen atoms in total. The minimum absolute atomic E-state index is 0.191. The number of sulfonamides is 1. The molecule has 1 aliphatic heterocycles. The molecule has 1 unspecified atom stereocenters. The Hall–Kier alpha value is -0.653. The van der Waals surface area contributed by atoms with Crippen LogP contribution >= 0.6 is 0 Å². The molecular weight excluding hydrogens is 310 g/mol. The van der Waals surface area contributed by atoms with Crippen molar-refractivity contribution >= 4 is 18.1 Å². The Morgan fingerprint density at radius 1 is 1.09 bits per heavy atom. The van der Waals surface area contributed by atoms with Crippen molar-refractivity contribution in [2.24, 2.45) is 0 Å². The van der Waals surface area contributed by atoms with Crippen LogP contribution in [0.4, 0.5) is 0 Å². The van der Waals surface area contributed by atoms with Gasteiger partial charge in [-0.25, -0.2) is 8.42 Å². The summed E-state index contributed by atoms with van der Waals surface area (Å²) >= 11 is 0. The molecule has 0 bridgehead atoms. The van der Waals surface area contributed by atoms with Crippen molar-refractivity contribution < 1.29 is 8.42 Å². The van der Waals surface area contributed by atoms with Crippen LogP contribution in [0.2, 0.25) is 19.6 Å². The molecule has 1 aromatic rings. The summed E-state index contributed by atoms with van der Waals surface area (Å²) < 4.78 is 26.8. The molecule has 5 heteroatoms. The fourth-order valence-corrected chi connectivity index (χ4v) is 8.52. The Labute approximate surface area is 136 Å². The van der Waals surface area contributed by atoms with E-state index in [1.807, 2.05) is 22.5 Å². The van der Waals surface area contributed by atoms with Crippen LogP contribution in [0.3, 0.4) is 0 Å². The number of hydrogen-bond acceptors (Lipinski definition) is 2. The molecule has 22 heavy (non-hydrogen) atoms. The zero-order valence-corrected chi connectivity index (χ0v) is 16.4. The van der Waals surface area contributed by atoms with Gasteiger partial charge in [-0.15, -0.1) is 0 Å². The molecule has 0 saturated carbocycles. The second-order valence-corrected chi connectivity index (χ2v) is 16.3. The number of nitrogens with zero attached hydrogens (tertiary/aromatic N) is 1. The molecule has 0 aromatic heterocycles. The van der Waals surface area contributed by atoms with Gasteiger partial charge < -0.3 is 0 Å². The maximum absolute atomic E-state index is 12.8. The fourth-order valence-electron chi connectivity index (χ4n) is 3.10. The Bertz CT molecular complexity index is 614. The van der Waals surface area contributed by atoms with E-state index in [1.54, 1.807) is 20.8 Å². The molecule has 0 aliphatic carbocycles. The van der Waals surface area contributed by atoms with Crippen molar-refractivity contribution in [3.05, 3.63) is 35.9 Å². The van der Waals surface area contributed by atoms with Crippen LogP contribution in [0.15, 0.2) is 30.3 Å². The highest BCUT2D eigenvalue weighted by Crippen LogP contribution is 2.44. The van der Waals surface area contributed by atoms with Crippen LogP contribution in [0.1, 0.15) is 32.8 Å². The lowest BCUT2D eigenvalue weighted by atomic mass is 10.1. The predicted octanol–water partition coefficient (Wildman–Crippen LogP) is 3.68. The highest BCUT2D eigenvalue weighted by molar-refractivity contribution is 7.90. The summed E-state index contributed by atoms with van der Waals surface area (Å²) in [6, 6.07) is 10.5. The molecule has 0 spiro atoms. The highest BCUT2D eigenvalue weighted by atomic mass is 32.2. The lowest BCUT2D eigenvalue weighted by molar-refractivity contribution is 0.510. The number of benzene rings is 1. The Morgan fingerprint density at radius 2 is 1.64 bits per heavy atom. The standard InChI is InChI=1S/C17H29NO2SSi/c1-17(2,3)21(19,20)18-15(16(18)22(4,5)6)13-12-14-10-8-7-9-11-14/h7-11,15-16H,12-13H2,1-6H3/t15-,16-,18?/m1/s1. The lowest BCUT2D eigenvalue weighted by Crippen LogP contribution is -2.39. The van der Waals surface area contributed by atoms with Gasteiger partial charge in [-0.3, -0.25) is 0 Å². The predicted molar refractivity (Wildman–Crippen MR) is 96.2 cm³/mol. The van der Waals surface area contributed by atoms with Crippen molar-refractivity contribution in [2.45, 2.75) is 69.7 Å². The van der Waals surface area contributed by atoms with E-state index < -0.39 is 22.8 Å². The van der Waals surface area contributed by atoms with Crippen LogP contribution < -0.4 is 0 Å². The molecular formula is C17H29NO2SSi. The van der Waals surface area contributed by atoms with Crippen molar-refractivity contribution in [3.63, 3.8) is 0 Å². The SMILES string of the molecule is CC(C)(C)S(=O)(=O)N1[C@H](CCc2ccccc2)[C@H]1[Si](C)(C)C. The third kappa shape index (κ3) is 3.47. The molecule has 1 saturated heterocycles. The summed E-state index contributed by atoms with van der Waals surface area (Å²) in [5, 5.41) is 0. The van der Waals surface area contributed by atoms with Crippen LogP contribution in [0, 0.1) is 0 Å². The molecule has 124 valence electrons. The first-order valence-corrected chi connectivity index (χ1v) is 13.0. The van der Waals surface area contributed by atoms with Gasteiger partial charge >= 0.3 is 0 Å². The smallest absolute Gasteiger partial charge is 0.212 e. The van der Waals surface area contributed by atoms with Gasteiger partial charge in [0, 0.05) is 11.7 Å². The quantitative estimate of drug-likeness (QED) is 0.606. The van der Waals surface area contributed by atoms with Gasteiger partial charge in [0.25, 0.3) is 0 Å². The second kappa shape index (κ2) is 5.76. The second-order valence-electron chi connectivity index (χ2n) is 8.35. The summed E-state index contributed by atoms with van der Waals surface area (Å²) in [5.41, 5.74) is 1.54. The molecule has 0 radical (unpaired) electrons. The monoisotopic (exact) mass is 339 g/mol. The van der Waals surface area contributed by atoms with Crippen molar-refractivity contribution in [3.8, 4) is 0 Å². The zero-order valence-electron chi connectivity index (χ0n) is 14.6. The maximum atomic E-state index is 12.8. The first-order chi connectivity index (χ1) is 9.96. The molecule has 2 rings (SSSR count). The first kappa shape index (κ1) is 17.7. The normalized spacial score (nSPS) is 26.0. The van der Waals surface area contributed by atoms with E-state index in [-0.39, 0.29) is 11.7 Å². The fraction of sp³-hybridized carbons (Fsp3) is 0.647. The molecule has 3 atom stereocenters. The van der Waals surface area contributed by atoms with E-state index in [1.165, 1.54) is 5.56 Å². The number of rotatable bonds is 5. The molecule has 1 fully saturated rings. The van der Waals surface area contributed by atoms with Crippen LogP contribution in [-0.4, -0.2) is 37.3 Å². The van der Waals surface area contributed by atoms with Gasteiger partial charge in [0.05, 0.1) is 12.8 Å². The van der Waals surface area contributed by atoms with Crippen molar-refractivity contribution in [1.82, 2.24) is 4.31 Å². The Balaban J connectivity index is 2.16. The summed E-state index contributed by atoms with van der Waals surface area (Å²) in [6.45, 7) is 12.2. The highest BCUT2D eigenvalue weighted by Gasteiger charge is 2.61. The molecule has 0 N–H and O–H groups in total. The van der Waals surface area contributed by atoms with Crippen LogP contribution in [0.5, 0.6) is 0 Å². The van der Waals surface area contributed by atoms with Crippen LogP contribution in [0.25, 0.3) is 0 Å². The summed E-state index contributed by atoms with van der Waals surface area (Å²) in [6.07, 6.45) is 1.87. The summed E-state index contributed by atoms with van der Waals surface area (Å²) in [5.74, 6) is 0.